The zero-order valence-corrected chi connectivity index (χ0v) is 39.1. The van der Waals surface area contributed by atoms with Gasteiger partial charge in [-0.25, -0.2) is 0 Å². The topological polar surface area (TPSA) is 306 Å². The molecule has 0 heterocycles. The van der Waals surface area contributed by atoms with Gasteiger partial charge in [-0.2, -0.15) is 0 Å². The summed E-state index contributed by atoms with van der Waals surface area (Å²) in [6, 6.07) is 0. The fraction of sp³-hybridized carbons (Fsp3) is 0.789. The van der Waals surface area contributed by atoms with Crippen LogP contribution in [-0.4, -0.2) is 225 Å². The van der Waals surface area contributed by atoms with E-state index in [-0.39, 0.29) is 30.3 Å². The van der Waals surface area contributed by atoms with Crippen LogP contribution in [0.3, 0.4) is 0 Å². The Labute approximate surface area is 356 Å². The van der Waals surface area contributed by atoms with Crippen molar-refractivity contribution in [1.82, 2.24) is 0 Å². The number of aliphatic hydroxyl groups excluding tert-OH is 1. The van der Waals surface area contributed by atoms with E-state index in [2.05, 4.69) is 84.6 Å². The first-order valence-electron chi connectivity index (χ1n) is 18.6. The van der Waals surface area contributed by atoms with Gasteiger partial charge in [0.1, 0.15) is 58.2 Å². The molecule has 0 amide bonds. The van der Waals surface area contributed by atoms with Crippen LogP contribution in [0.2, 0.25) is 0 Å². The Kier molecular flexibility index (Phi) is 38.4. The lowest BCUT2D eigenvalue weighted by molar-refractivity contribution is -0.870. The molecule has 0 aliphatic rings. The molecule has 0 rings (SSSR count). The zero-order valence-electron chi connectivity index (χ0n) is 39.1. The number of esters is 4. The smallest absolute Gasteiger partial charge is 0.302 e. The van der Waals surface area contributed by atoms with Crippen molar-refractivity contribution in [3.05, 3.63) is 0 Å². The van der Waals surface area contributed by atoms with Crippen LogP contribution in [0.25, 0.3) is 0 Å². The van der Waals surface area contributed by atoms with Gasteiger partial charge in [0.25, 0.3) is 0 Å². The number of hydrogen-bond acceptors (Lipinski definition) is 18. The maximum absolute atomic E-state index is 10.3. The van der Waals surface area contributed by atoms with Crippen LogP contribution in [0.4, 0.5) is 0 Å². The van der Waals surface area contributed by atoms with Crippen LogP contribution in [-0.2, 0) is 57.3 Å². The molecule has 0 saturated heterocycles. The number of quaternary nitrogens is 4. The largest absolute Gasteiger partial charge is 0.550 e. The van der Waals surface area contributed by atoms with E-state index >= 15 is 0 Å². The van der Waals surface area contributed by atoms with Gasteiger partial charge in [0, 0.05) is 52.5 Å². The van der Waals surface area contributed by atoms with Crippen molar-refractivity contribution < 1.29 is 106 Å². The van der Waals surface area contributed by atoms with Gasteiger partial charge in [0.05, 0.1) is 103 Å². The standard InChI is InChI=1S/4C7H16NO2.C6H8O7.C4H8O3/c4*1-7(9)10-6-5-8(2,3)4;7-3(8)1-6(13,5(11)12)2-4(9)10;1-2-3(5)4(6)7/h4*5-6H2,1-4H3;13H,1-2H2,(H,7,8)(H,9,10)(H,11,12);3,5H,2H2,1H3,(H,6,7)/q4*+1;;/p-4. The minimum Gasteiger partial charge on any atom is -0.550 e. The number of carbonyl (C=O) groups is 8. The van der Waals surface area contributed by atoms with Crippen molar-refractivity contribution >= 4 is 47.8 Å². The molecule has 0 aromatic heterocycles. The summed E-state index contributed by atoms with van der Waals surface area (Å²) in [6.07, 6.45) is -3.80. The summed E-state index contributed by atoms with van der Waals surface area (Å²) in [7, 11) is 24.7. The summed E-state index contributed by atoms with van der Waals surface area (Å²) < 4.78 is 22.4. The number of aliphatic carboxylic acids is 4. The normalized spacial score (nSPS) is 11.4. The van der Waals surface area contributed by atoms with Gasteiger partial charge in [-0.1, -0.05) is 6.92 Å². The van der Waals surface area contributed by atoms with Crippen LogP contribution in [0.1, 0.15) is 53.9 Å². The molecule has 0 spiro atoms. The number of hydrogen-bond donors (Lipinski definition) is 2. The minimum atomic E-state index is -2.97. The van der Waals surface area contributed by atoms with E-state index in [0.29, 0.717) is 26.4 Å². The third-order valence-corrected chi connectivity index (χ3v) is 6.18. The highest BCUT2D eigenvalue weighted by atomic mass is 16.5. The Morgan fingerprint density at radius 2 is 0.683 bits per heavy atom. The molecule has 2 N–H and O–H groups in total. The van der Waals surface area contributed by atoms with Crippen molar-refractivity contribution in [3.8, 4) is 0 Å². The van der Waals surface area contributed by atoms with Gasteiger partial charge in [-0.05, 0) is 6.42 Å². The van der Waals surface area contributed by atoms with E-state index in [9.17, 15) is 58.8 Å². The van der Waals surface area contributed by atoms with Crippen molar-refractivity contribution in [2.75, 3.05) is 137 Å². The lowest BCUT2D eigenvalue weighted by Gasteiger charge is -2.29. The highest BCUT2D eigenvalue weighted by Gasteiger charge is 2.29. The molecule has 0 saturated carbocycles. The molecule has 0 bridgehead atoms. The number of carboxylic acids is 4. The molecule has 0 radical (unpaired) electrons. The van der Waals surface area contributed by atoms with E-state index < -0.39 is 48.4 Å². The number of likely N-dealkylation sites (N-methyl/N-ethyl adjacent to an activating group) is 4. The van der Waals surface area contributed by atoms with Gasteiger partial charge in [0.15, 0.2) is 0 Å². The summed E-state index contributed by atoms with van der Waals surface area (Å²) in [5, 5.41) is 56.8. The first-order valence-corrected chi connectivity index (χ1v) is 18.6. The van der Waals surface area contributed by atoms with Crippen LogP contribution in [0.15, 0.2) is 0 Å². The van der Waals surface area contributed by atoms with Crippen molar-refractivity contribution in [2.45, 2.75) is 65.6 Å². The lowest BCUT2D eigenvalue weighted by Crippen LogP contribution is -2.54. The summed E-state index contributed by atoms with van der Waals surface area (Å²) in [5.74, 6) is -8.19. The zero-order chi connectivity index (χ0) is 49.3. The van der Waals surface area contributed by atoms with Crippen molar-refractivity contribution in [3.63, 3.8) is 0 Å². The van der Waals surface area contributed by atoms with Crippen LogP contribution >= 0.6 is 0 Å². The van der Waals surface area contributed by atoms with Gasteiger partial charge in [-0.3, -0.25) is 19.2 Å². The second kappa shape index (κ2) is 34.3. The Balaban J connectivity index is -0.000000147. The molecule has 0 aliphatic heterocycles. The SMILES string of the molecule is CC(=O)OCC[N+](C)(C)C.CC(=O)OCC[N+](C)(C)C.CC(=O)OCC[N+](C)(C)C.CC(=O)OCC[N+](C)(C)C.CCC(O)C(=O)[O-].O=C([O-])CC(O)(CC(=O)[O-])C(=O)[O-]. The Bertz CT molecular complexity index is 1130. The molecule has 22 nitrogen and oxygen atoms in total. The molecule has 60 heavy (non-hydrogen) atoms. The first kappa shape index (κ1) is 67.3. The number of aliphatic hydroxyl groups is 2. The molecule has 0 aromatic carbocycles. The molecular formula is C38H76N4O18. The Morgan fingerprint density at radius 1 is 0.483 bits per heavy atom. The van der Waals surface area contributed by atoms with Gasteiger partial charge in [0.2, 0.25) is 0 Å². The average Bonchev–Trinajstić information content (AvgIpc) is 2.98. The second-order valence-corrected chi connectivity index (χ2v) is 17.1. The molecular weight excluding hydrogens is 800 g/mol. The summed E-state index contributed by atoms with van der Waals surface area (Å²) in [4.78, 5) is 80.8. The molecule has 1 unspecified atom stereocenters. The highest BCUT2D eigenvalue weighted by molar-refractivity contribution is 5.86. The molecule has 1 atom stereocenters. The van der Waals surface area contributed by atoms with Crippen LogP contribution in [0, 0.1) is 0 Å². The third-order valence-electron chi connectivity index (χ3n) is 6.18. The maximum atomic E-state index is 10.3. The molecule has 0 aromatic rings. The summed E-state index contributed by atoms with van der Waals surface area (Å²) in [6.45, 7) is 12.8. The number of carbonyl (C=O) groups excluding carboxylic acids is 8. The Hall–Kier alpha value is -4.48. The van der Waals surface area contributed by atoms with Crippen molar-refractivity contribution in [1.29, 1.82) is 0 Å². The predicted octanol–water partition coefficient (Wildman–Crippen LogP) is -5.72. The number of rotatable bonds is 19. The quantitative estimate of drug-likeness (QED) is 0.0694. The lowest BCUT2D eigenvalue weighted by atomic mass is 9.96. The van der Waals surface area contributed by atoms with Crippen molar-refractivity contribution in [2.24, 2.45) is 0 Å². The molecule has 22 heteroatoms. The third kappa shape index (κ3) is 71.2. The molecule has 0 fully saturated rings. The highest BCUT2D eigenvalue weighted by Crippen LogP contribution is 2.13. The summed E-state index contributed by atoms with van der Waals surface area (Å²) in [5.41, 5.74) is -2.97. The number of carboxylic acid groups (broad SMARTS) is 4. The molecule has 356 valence electrons. The second-order valence-electron chi connectivity index (χ2n) is 17.1. The first-order chi connectivity index (χ1) is 26.6. The van der Waals surface area contributed by atoms with E-state index in [1.54, 1.807) is 6.92 Å². The fourth-order valence-electron chi connectivity index (χ4n) is 2.70. The monoisotopic (exact) mass is 877 g/mol. The van der Waals surface area contributed by atoms with E-state index in [1.165, 1.54) is 27.7 Å². The number of ether oxygens (including phenoxy) is 4. The maximum Gasteiger partial charge on any atom is 0.302 e. The number of nitrogens with zero attached hydrogens (tertiary/aromatic N) is 4. The van der Waals surface area contributed by atoms with Crippen LogP contribution in [0.5, 0.6) is 0 Å². The Morgan fingerprint density at radius 3 is 0.767 bits per heavy atom. The van der Waals surface area contributed by atoms with E-state index in [0.717, 1.165) is 44.1 Å². The molecule has 0 aliphatic carbocycles. The minimum absolute atomic E-state index is 0.201. The van der Waals surface area contributed by atoms with Gasteiger partial charge >= 0.3 is 23.9 Å². The van der Waals surface area contributed by atoms with E-state index in [4.69, 9.17) is 29.2 Å². The van der Waals surface area contributed by atoms with Gasteiger partial charge in [-0.15, -0.1) is 0 Å². The van der Waals surface area contributed by atoms with E-state index in [1.807, 2.05) is 0 Å². The van der Waals surface area contributed by atoms with Crippen LogP contribution < -0.4 is 20.4 Å². The van der Waals surface area contributed by atoms with Gasteiger partial charge < -0.3 is 86.7 Å². The average molecular weight is 877 g/mol. The fourth-order valence-corrected chi connectivity index (χ4v) is 2.70. The predicted molar refractivity (Wildman–Crippen MR) is 209 cm³/mol. The summed E-state index contributed by atoms with van der Waals surface area (Å²) >= 11 is 0.